The van der Waals surface area contributed by atoms with E-state index in [1.807, 2.05) is 71.5 Å². The van der Waals surface area contributed by atoms with Crippen molar-refractivity contribution >= 4 is 28.7 Å². The predicted octanol–water partition coefficient (Wildman–Crippen LogP) is 3.71. The third kappa shape index (κ3) is 4.76. The number of fused-ring (bicyclic) bond motifs is 2. The molecule has 6 aromatic rings. The number of nitrogens with zero attached hydrogens (tertiary/aromatic N) is 6. The Bertz CT molecular complexity index is 1910. The smallest absolute Gasteiger partial charge is 0.326 e. The summed E-state index contributed by atoms with van der Waals surface area (Å²) in [6.45, 7) is -0.0817. The maximum absolute atomic E-state index is 13.4. The van der Waals surface area contributed by atoms with Gasteiger partial charge in [0.2, 0.25) is 0 Å². The molecule has 8 nitrogen and oxygen atoms in total. The second kappa shape index (κ2) is 10.3. The second-order valence-electron chi connectivity index (χ2n) is 9.30. The third-order valence-electron chi connectivity index (χ3n) is 6.82. The van der Waals surface area contributed by atoms with Crippen LogP contribution in [0.25, 0.3) is 27.5 Å². The molecule has 0 saturated heterocycles. The molecule has 39 heavy (non-hydrogen) atoms. The quantitative estimate of drug-likeness (QED) is 0.304. The first kappa shape index (κ1) is 24.1. The van der Waals surface area contributed by atoms with Gasteiger partial charge in [-0.05, 0) is 47.1 Å². The van der Waals surface area contributed by atoms with E-state index in [-0.39, 0.29) is 5.56 Å². The molecule has 1 aromatic carbocycles. The zero-order valence-corrected chi connectivity index (χ0v) is 21.2. The molecule has 0 saturated carbocycles. The van der Waals surface area contributed by atoms with Gasteiger partial charge in [-0.15, -0.1) is 0 Å². The van der Waals surface area contributed by atoms with E-state index >= 15 is 0 Å². The Morgan fingerprint density at radius 1 is 1.03 bits per heavy atom. The van der Waals surface area contributed by atoms with E-state index in [0.29, 0.717) is 29.6 Å². The summed E-state index contributed by atoms with van der Waals surface area (Å²) >= 11 is 0. The minimum atomic E-state index is -0.411. The average molecular weight is 510 g/mol. The molecule has 0 amide bonds. The highest BCUT2D eigenvalue weighted by molar-refractivity contribution is 6.78. The minimum Gasteiger partial charge on any atom is -0.497 e. The molecule has 0 aliphatic rings. The van der Waals surface area contributed by atoms with Crippen LogP contribution >= 0.6 is 0 Å². The summed E-state index contributed by atoms with van der Waals surface area (Å²) in [7, 11) is 1.59. The molecule has 0 atom stereocenters. The first-order valence-electron chi connectivity index (χ1n) is 12.5. The SMILES string of the molecule is COc1ccnc(B(C#N)Cc2ccc3nc(Cn4ccc5c(-c6ccccc6)cncc5c4=O)cn3c2)c1. The van der Waals surface area contributed by atoms with Gasteiger partial charge in [0.15, 0.2) is 0 Å². The lowest BCUT2D eigenvalue weighted by Crippen LogP contribution is -2.34. The van der Waals surface area contributed by atoms with Crippen LogP contribution in [-0.2, 0) is 12.9 Å². The van der Waals surface area contributed by atoms with Gasteiger partial charge in [-0.25, -0.2) is 10.2 Å². The molecule has 0 aliphatic carbocycles. The van der Waals surface area contributed by atoms with Gasteiger partial charge in [-0.2, -0.15) is 0 Å². The Morgan fingerprint density at radius 2 is 1.90 bits per heavy atom. The number of ether oxygens (including phenoxy) is 1. The van der Waals surface area contributed by atoms with Crippen molar-refractivity contribution < 1.29 is 4.74 Å². The summed E-state index contributed by atoms with van der Waals surface area (Å²) in [5.74, 6) is 3.03. The highest BCUT2D eigenvalue weighted by Crippen LogP contribution is 2.25. The fourth-order valence-corrected chi connectivity index (χ4v) is 4.84. The summed E-state index contributed by atoms with van der Waals surface area (Å²) in [4.78, 5) is 26.8. The highest BCUT2D eigenvalue weighted by atomic mass is 16.5. The van der Waals surface area contributed by atoms with Crippen molar-refractivity contribution in [1.29, 1.82) is 5.26 Å². The fraction of sp³-hybridized carbons (Fsp3) is 0.100. The lowest BCUT2D eigenvalue weighted by molar-refractivity contribution is 0.414. The second-order valence-corrected chi connectivity index (χ2v) is 9.30. The van der Waals surface area contributed by atoms with Gasteiger partial charge < -0.3 is 13.7 Å². The lowest BCUT2D eigenvalue weighted by Gasteiger charge is -2.09. The van der Waals surface area contributed by atoms with E-state index in [1.54, 1.807) is 42.4 Å². The van der Waals surface area contributed by atoms with Crippen LogP contribution in [0.3, 0.4) is 0 Å². The minimum absolute atomic E-state index is 0.113. The summed E-state index contributed by atoms with van der Waals surface area (Å²) in [5.41, 5.74) is 5.00. The van der Waals surface area contributed by atoms with Gasteiger partial charge in [0.05, 0.1) is 24.7 Å². The first-order valence-corrected chi connectivity index (χ1v) is 12.5. The molecule has 0 aliphatic heterocycles. The molecule has 0 unspecified atom stereocenters. The molecule has 5 heterocycles. The Balaban J connectivity index is 1.27. The number of benzene rings is 1. The maximum Gasteiger partial charge on any atom is 0.326 e. The third-order valence-corrected chi connectivity index (χ3v) is 6.82. The Labute approximate surface area is 224 Å². The number of hydrogen-bond donors (Lipinski definition) is 0. The van der Waals surface area contributed by atoms with Crippen molar-refractivity contribution in [2.45, 2.75) is 12.9 Å². The Hall–Kier alpha value is -5.23. The first-order chi connectivity index (χ1) is 19.1. The van der Waals surface area contributed by atoms with Crippen LogP contribution in [0.15, 0.2) is 103 Å². The van der Waals surface area contributed by atoms with Gasteiger partial charge in [0, 0.05) is 54.3 Å². The van der Waals surface area contributed by atoms with Crippen molar-refractivity contribution in [2.24, 2.45) is 0 Å². The monoisotopic (exact) mass is 510 g/mol. The van der Waals surface area contributed by atoms with Gasteiger partial charge in [0.1, 0.15) is 11.4 Å². The van der Waals surface area contributed by atoms with Gasteiger partial charge in [-0.3, -0.25) is 14.8 Å². The highest BCUT2D eigenvalue weighted by Gasteiger charge is 2.20. The standard InChI is InChI=1S/C30H23BN6O2/c1-39-24-9-11-34-28(13-24)31(20-32)14-21-7-8-29-35-23(19-37(29)17-21)18-36-12-10-25-26(22-5-3-2-4-6-22)15-33-16-27(25)30(36)38/h2-13,15-17,19H,14,18H2,1H3. The van der Waals surface area contributed by atoms with Gasteiger partial charge in [0.25, 0.3) is 5.56 Å². The van der Waals surface area contributed by atoms with Crippen LogP contribution in [0.2, 0.25) is 0 Å². The summed E-state index contributed by atoms with van der Waals surface area (Å²) < 4.78 is 8.86. The number of methoxy groups -OCH3 is 1. The molecular weight excluding hydrogens is 487 g/mol. The predicted molar refractivity (Wildman–Crippen MR) is 151 cm³/mol. The van der Waals surface area contributed by atoms with Crippen LogP contribution < -0.4 is 15.9 Å². The Morgan fingerprint density at radius 3 is 2.72 bits per heavy atom. The number of imidazole rings is 1. The van der Waals surface area contributed by atoms with Crippen LogP contribution in [0.1, 0.15) is 11.3 Å². The summed E-state index contributed by atoms with van der Waals surface area (Å²) in [6, 6.07) is 19.3. The van der Waals surface area contributed by atoms with Crippen molar-refractivity contribution in [3.63, 3.8) is 0 Å². The molecule has 5 aromatic heterocycles. The summed E-state index contributed by atoms with van der Waals surface area (Å²) in [5, 5.41) is 11.2. The normalized spacial score (nSPS) is 11.0. The maximum atomic E-state index is 13.4. The number of hydrogen-bond acceptors (Lipinski definition) is 6. The van der Waals surface area contributed by atoms with E-state index < -0.39 is 6.71 Å². The van der Waals surface area contributed by atoms with Crippen LogP contribution in [-0.4, -0.2) is 37.7 Å². The molecule has 0 bridgehead atoms. The number of aromatic nitrogens is 5. The van der Waals surface area contributed by atoms with E-state index in [4.69, 9.17) is 9.72 Å². The molecule has 0 fully saturated rings. The van der Waals surface area contributed by atoms with Crippen LogP contribution in [0.4, 0.5) is 0 Å². The lowest BCUT2D eigenvalue weighted by atomic mass is 9.45. The molecule has 0 spiro atoms. The zero-order valence-electron chi connectivity index (χ0n) is 21.2. The average Bonchev–Trinajstić information content (AvgIpc) is 3.39. The van der Waals surface area contributed by atoms with E-state index in [0.717, 1.165) is 33.4 Å². The number of nitriles is 1. The molecule has 0 N–H and O–H groups in total. The van der Waals surface area contributed by atoms with Gasteiger partial charge >= 0.3 is 6.71 Å². The molecular formula is C30H23BN6O2. The largest absolute Gasteiger partial charge is 0.497 e. The number of pyridine rings is 4. The fourth-order valence-electron chi connectivity index (χ4n) is 4.84. The molecule has 0 radical (unpaired) electrons. The van der Waals surface area contributed by atoms with Crippen molar-refractivity contribution in [2.75, 3.05) is 7.11 Å². The van der Waals surface area contributed by atoms with Gasteiger partial charge in [-0.1, -0.05) is 36.4 Å². The number of rotatable bonds is 7. The molecule has 9 heteroatoms. The molecule has 6 rings (SSSR count). The topological polar surface area (TPSA) is 98.1 Å². The van der Waals surface area contributed by atoms with Crippen molar-refractivity contribution in [1.82, 2.24) is 23.9 Å². The van der Waals surface area contributed by atoms with Crippen LogP contribution in [0, 0.1) is 11.2 Å². The zero-order chi connectivity index (χ0) is 26.8. The Kier molecular flexibility index (Phi) is 6.35. The summed E-state index contributed by atoms with van der Waals surface area (Å²) in [6.07, 6.45) is 11.3. The molecule has 188 valence electrons. The van der Waals surface area contributed by atoms with Crippen LogP contribution in [0.5, 0.6) is 5.75 Å². The van der Waals surface area contributed by atoms with Crippen molar-refractivity contribution in [3.05, 3.63) is 119 Å². The van der Waals surface area contributed by atoms with Crippen molar-refractivity contribution in [3.8, 4) is 22.8 Å². The van der Waals surface area contributed by atoms with E-state index in [2.05, 4.69) is 15.9 Å². The van der Waals surface area contributed by atoms with E-state index in [9.17, 15) is 10.1 Å². The van der Waals surface area contributed by atoms with E-state index in [1.165, 1.54) is 0 Å².